The summed E-state index contributed by atoms with van der Waals surface area (Å²) < 4.78 is 1.42. The summed E-state index contributed by atoms with van der Waals surface area (Å²) in [5, 5.41) is 10.4. The second-order valence-electron chi connectivity index (χ2n) is 8.55. The molecule has 0 aliphatic rings. The largest absolute Gasteiger partial charge is 1.00 e. The summed E-state index contributed by atoms with van der Waals surface area (Å²) in [6, 6.07) is 5.38. The second kappa shape index (κ2) is 18.0. The van der Waals surface area contributed by atoms with E-state index in [9.17, 15) is 5.11 Å². The number of nitrogens with one attached hydrogen (secondary N) is 1. The highest BCUT2D eigenvalue weighted by Crippen LogP contribution is 2.22. The van der Waals surface area contributed by atoms with Gasteiger partial charge >= 0.3 is 0 Å². The molecule has 0 aliphatic heterocycles. The molecular weight excluding hydrogens is 391 g/mol. The van der Waals surface area contributed by atoms with E-state index in [-0.39, 0.29) is 10.2 Å². The Morgan fingerprint density at radius 3 is 1.61 bits per heavy atom. The first-order valence-electron chi connectivity index (χ1n) is 12.2. The van der Waals surface area contributed by atoms with Gasteiger partial charge in [-0.3, -0.25) is 0 Å². The number of aromatic hydroxyl groups is 1. The number of hydrogen-bond acceptors (Lipinski definition) is 1. The van der Waals surface area contributed by atoms with Crippen LogP contribution in [0.4, 0.5) is 0 Å². The molecule has 0 aliphatic carbocycles. The Morgan fingerprint density at radius 1 is 0.774 bits per heavy atom. The second-order valence-corrected chi connectivity index (χ2v) is 8.55. The molecule has 0 fully saturated rings. The van der Waals surface area contributed by atoms with Crippen LogP contribution in [0.3, 0.4) is 0 Å². The number of phenolic OH excluding ortho intramolecular Hbond substituents is 1. The molecule has 5 heteroatoms. The van der Waals surface area contributed by atoms with Crippen LogP contribution in [0, 0.1) is 0 Å². The third kappa shape index (κ3) is 11.0. The fraction of sp³-hybridized carbons (Fsp3) is 0.692. The van der Waals surface area contributed by atoms with Crippen LogP contribution >= 0.6 is 0 Å². The number of quaternary nitrogens is 1. The van der Waals surface area contributed by atoms with Gasteiger partial charge in [0.25, 0.3) is 0 Å². The van der Waals surface area contributed by atoms with Crippen molar-refractivity contribution < 1.29 is 19.8 Å². The maximum absolute atomic E-state index is 9.25. The van der Waals surface area contributed by atoms with Crippen molar-refractivity contribution in [1.29, 1.82) is 0 Å². The van der Waals surface area contributed by atoms with E-state index in [1.807, 2.05) is 12.3 Å². The van der Waals surface area contributed by atoms with Crippen molar-refractivity contribution in [2.45, 2.75) is 92.4 Å². The molecule has 4 N–H and O–H groups in total. The minimum atomic E-state index is 0. The third-order valence-corrected chi connectivity index (χ3v) is 6.08. The molecule has 2 aromatic rings. The first-order valence-corrected chi connectivity index (χ1v) is 12.2. The molecule has 31 heavy (non-hydrogen) atoms. The zero-order valence-electron chi connectivity index (χ0n) is 20.8. The Morgan fingerprint density at radius 2 is 1.23 bits per heavy atom. The highest BCUT2D eigenvalue weighted by molar-refractivity contribution is 5.84. The van der Waals surface area contributed by atoms with E-state index in [4.69, 9.17) is 0 Å². The van der Waals surface area contributed by atoms with Gasteiger partial charge in [-0.15, -0.1) is 0 Å². The van der Waals surface area contributed by atoms with E-state index in [0.717, 1.165) is 17.3 Å². The van der Waals surface area contributed by atoms with Crippen LogP contribution in [0.5, 0.6) is 5.75 Å². The van der Waals surface area contributed by atoms with Crippen LogP contribution in [0.1, 0.15) is 91.5 Å². The molecule has 0 unspecified atom stereocenters. The summed E-state index contributed by atoms with van der Waals surface area (Å²) in [4.78, 5) is 3.16. The van der Waals surface area contributed by atoms with Gasteiger partial charge in [-0.25, -0.2) is 0 Å². The van der Waals surface area contributed by atoms with Crippen molar-refractivity contribution in [3.05, 3.63) is 30.0 Å². The minimum Gasteiger partial charge on any atom is -1.00 e. The topological polar surface area (TPSA) is 67.5 Å². The standard InChI is InChI=1S/C16H36N.C10H11NO.FH.H2O/c1-5-9-13-17(14-10-6-2,15-11-7-3)16-12-8-4;1-2-7-6-11-10-4-3-8(12)5-9(7)10;;/h5-16H2,1-4H3;3-6,11-12H,2H2,1H3;1H;1H2/q+1;;;/p-1. The van der Waals surface area contributed by atoms with E-state index in [2.05, 4.69) is 39.6 Å². The monoisotopic (exact) mass is 440 g/mol. The van der Waals surface area contributed by atoms with Gasteiger partial charge in [0, 0.05) is 17.1 Å². The van der Waals surface area contributed by atoms with Gasteiger partial charge < -0.3 is 24.8 Å². The zero-order chi connectivity index (χ0) is 21.5. The number of aryl methyl sites for hydroxylation is 1. The van der Waals surface area contributed by atoms with Crippen molar-refractivity contribution in [2.75, 3.05) is 26.2 Å². The van der Waals surface area contributed by atoms with Crippen LogP contribution < -0.4 is 4.70 Å². The zero-order valence-corrected chi connectivity index (χ0v) is 20.8. The van der Waals surface area contributed by atoms with Gasteiger partial charge in [-0.05, 0) is 55.9 Å². The lowest BCUT2D eigenvalue weighted by molar-refractivity contribution is -0.929. The van der Waals surface area contributed by atoms with Crippen LogP contribution in [0.25, 0.3) is 10.9 Å². The molecule has 0 radical (unpaired) electrons. The molecule has 0 saturated carbocycles. The lowest BCUT2D eigenvalue weighted by Gasteiger charge is -2.39. The number of unbranched alkanes of at least 4 members (excludes halogenated alkanes) is 4. The third-order valence-electron chi connectivity index (χ3n) is 6.08. The van der Waals surface area contributed by atoms with Gasteiger partial charge in [0.05, 0.1) is 26.2 Å². The molecule has 2 rings (SSSR count). The molecule has 1 aromatic carbocycles. The van der Waals surface area contributed by atoms with E-state index < -0.39 is 0 Å². The summed E-state index contributed by atoms with van der Waals surface area (Å²) in [6.07, 6.45) is 14.0. The molecule has 182 valence electrons. The SMILES string of the molecule is CCCC[N+](CCCC)(CCCC)CCCC.CCc1c[nH]c2ccc(O)cc12.O.[F-]. The highest BCUT2D eigenvalue weighted by atomic mass is 19.0. The van der Waals surface area contributed by atoms with Crippen LogP contribution in [-0.4, -0.2) is 46.2 Å². The molecule has 0 amide bonds. The average molecular weight is 441 g/mol. The van der Waals surface area contributed by atoms with Crippen molar-refractivity contribution in [3.8, 4) is 5.75 Å². The Hall–Kier alpha value is -1.59. The number of halogens is 1. The summed E-state index contributed by atoms with van der Waals surface area (Å²) in [5.74, 6) is 0.330. The molecule has 0 atom stereocenters. The first-order chi connectivity index (χ1) is 14.1. The number of fused-ring (bicyclic) bond motifs is 1. The lowest BCUT2D eigenvalue weighted by atomic mass is 10.1. The molecule has 1 aromatic heterocycles. The molecule has 4 nitrogen and oxygen atoms in total. The summed E-state index contributed by atoms with van der Waals surface area (Å²) in [7, 11) is 0. The van der Waals surface area contributed by atoms with Gasteiger partial charge in [0.1, 0.15) is 5.75 Å². The smallest absolute Gasteiger partial charge is 0.116 e. The number of aromatic nitrogens is 1. The number of rotatable bonds is 13. The Balaban J connectivity index is 0. The summed E-state index contributed by atoms with van der Waals surface area (Å²) >= 11 is 0. The van der Waals surface area contributed by atoms with Crippen molar-refractivity contribution in [1.82, 2.24) is 4.98 Å². The molecular formula is C26H49FN2O2. The predicted octanol–water partition coefficient (Wildman–Crippen LogP) is 3.62. The van der Waals surface area contributed by atoms with Gasteiger partial charge in [-0.1, -0.05) is 60.3 Å². The Kier molecular flexibility index (Phi) is 18.4. The van der Waals surface area contributed by atoms with Crippen LogP contribution in [0.15, 0.2) is 24.4 Å². The maximum atomic E-state index is 9.25. The molecule has 0 saturated heterocycles. The number of phenols is 1. The number of benzene rings is 1. The van der Waals surface area contributed by atoms with E-state index in [1.54, 1.807) is 12.1 Å². The predicted molar refractivity (Wildman–Crippen MR) is 132 cm³/mol. The molecule has 0 bridgehead atoms. The van der Waals surface area contributed by atoms with E-state index in [0.29, 0.717) is 5.75 Å². The van der Waals surface area contributed by atoms with Crippen molar-refractivity contribution >= 4 is 10.9 Å². The van der Waals surface area contributed by atoms with Gasteiger partial charge in [0.2, 0.25) is 0 Å². The number of nitrogens with zero attached hydrogens (tertiary/aromatic N) is 1. The number of H-pyrrole nitrogens is 1. The summed E-state index contributed by atoms with van der Waals surface area (Å²) in [6.45, 7) is 17.1. The maximum Gasteiger partial charge on any atom is 0.116 e. The minimum absolute atomic E-state index is 0. The van der Waals surface area contributed by atoms with Crippen LogP contribution in [-0.2, 0) is 6.42 Å². The lowest BCUT2D eigenvalue weighted by Crippen LogP contribution is -3.00. The van der Waals surface area contributed by atoms with E-state index >= 15 is 0 Å². The number of hydrogen-bond donors (Lipinski definition) is 2. The van der Waals surface area contributed by atoms with Crippen molar-refractivity contribution in [2.24, 2.45) is 0 Å². The fourth-order valence-corrected chi connectivity index (χ4v) is 4.10. The Labute approximate surface area is 190 Å². The van der Waals surface area contributed by atoms with Gasteiger partial charge in [-0.2, -0.15) is 0 Å². The van der Waals surface area contributed by atoms with E-state index in [1.165, 1.54) is 87.6 Å². The quantitative estimate of drug-likeness (QED) is 0.459. The normalized spacial score (nSPS) is 10.7. The first kappa shape index (κ1) is 31.6. The van der Waals surface area contributed by atoms with Crippen molar-refractivity contribution in [3.63, 3.8) is 0 Å². The number of aromatic amines is 1. The van der Waals surface area contributed by atoms with Gasteiger partial charge in [0.15, 0.2) is 0 Å². The van der Waals surface area contributed by atoms with Crippen LogP contribution in [0.2, 0.25) is 0 Å². The Bertz CT molecular complexity index is 635. The highest BCUT2D eigenvalue weighted by Gasteiger charge is 2.24. The molecule has 0 spiro atoms. The summed E-state index contributed by atoms with van der Waals surface area (Å²) in [5.41, 5.74) is 2.34. The molecule has 1 heterocycles. The fourth-order valence-electron chi connectivity index (χ4n) is 4.10. The average Bonchev–Trinajstić information content (AvgIpc) is 3.15.